The quantitative estimate of drug-likeness (QED) is 0.851. The zero-order valence-corrected chi connectivity index (χ0v) is 13.6. The molecule has 6 atom stereocenters. The van der Waals surface area contributed by atoms with Gasteiger partial charge in [-0.1, -0.05) is 13.0 Å². The maximum Gasteiger partial charge on any atom is 0.119 e. The van der Waals surface area contributed by atoms with Crippen molar-refractivity contribution in [2.24, 2.45) is 22.7 Å². The number of aliphatic hydroxyl groups excluding tert-OH is 1. The van der Waals surface area contributed by atoms with Gasteiger partial charge in [0.1, 0.15) is 5.75 Å². The van der Waals surface area contributed by atoms with Gasteiger partial charge in [0, 0.05) is 0 Å². The number of aryl methyl sites for hydroxylation is 1. The van der Waals surface area contributed by atoms with Crippen LogP contribution >= 0.6 is 0 Å². The van der Waals surface area contributed by atoms with E-state index in [4.69, 9.17) is 4.74 Å². The van der Waals surface area contributed by atoms with Gasteiger partial charge in [0.05, 0.1) is 13.2 Å². The molecule has 0 saturated heterocycles. The lowest BCUT2D eigenvalue weighted by molar-refractivity contribution is -0.0558. The molecule has 118 valence electrons. The molecule has 0 amide bonds. The molecule has 5 rings (SSSR count). The fourth-order valence-corrected chi connectivity index (χ4v) is 6.90. The minimum Gasteiger partial charge on any atom is -0.497 e. The van der Waals surface area contributed by atoms with Crippen LogP contribution in [-0.4, -0.2) is 18.3 Å². The first-order valence-electron chi connectivity index (χ1n) is 8.95. The number of hydrogen-bond acceptors (Lipinski definition) is 2. The maximum atomic E-state index is 10.6. The first kappa shape index (κ1) is 13.4. The first-order valence-corrected chi connectivity index (χ1v) is 8.95. The molecule has 1 N–H and O–H groups in total. The van der Waals surface area contributed by atoms with Gasteiger partial charge in [-0.3, -0.25) is 0 Å². The van der Waals surface area contributed by atoms with E-state index in [-0.39, 0.29) is 11.5 Å². The molecule has 4 aliphatic rings. The Kier molecular flexibility index (Phi) is 2.49. The Morgan fingerprint density at radius 3 is 2.95 bits per heavy atom. The van der Waals surface area contributed by atoms with Crippen LogP contribution in [0.3, 0.4) is 0 Å². The van der Waals surface area contributed by atoms with E-state index in [1.165, 1.54) is 37.7 Å². The number of ether oxygens (including phenoxy) is 1. The van der Waals surface area contributed by atoms with Crippen molar-refractivity contribution in [3.8, 4) is 5.75 Å². The Hall–Kier alpha value is -1.02. The fraction of sp³-hybridized carbons (Fsp3) is 0.700. The van der Waals surface area contributed by atoms with Crippen molar-refractivity contribution in [2.75, 3.05) is 7.11 Å². The van der Waals surface area contributed by atoms with Crippen molar-refractivity contribution >= 4 is 0 Å². The summed E-state index contributed by atoms with van der Waals surface area (Å²) in [4.78, 5) is 0. The summed E-state index contributed by atoms with van der Waals surface area (Å²) in [7, 11) is 1.76. The predicted molar refractivity (Wildman–Crippen MR) is 86.1 cm³/mol. The van der Waals surface area contributed by atoms with E-state index in [2.05, 4.69) is 25.1 Å². The number of aliphatic hydroxyl groups is 1. The molecule has 0 bridgehead atoms. The summed E-state index contributed by atoms with van der Waals surface area (Å²) in [5, 5.41) is 10.6. The van der Waals surface area contributed by atoms with Crippen molar-refractivity contribution < 1.29 is 9.84 Å². The third-order valence-electron chi connectivity index (χ3n) is 8.06. The van der Waals surface area contributed by atoms with Gasteiger partial charge in [0.15, 0.2) is 0 Å². The van der Waals surface area contributed by atoms with Gasteiger partial charge >= 0.3 is 0 Å². The number of hydrogen-bond donors (Lipinski definition) is 1. The van der Waals surface area contributed by atoms with Crippen LogP contribution in [0.2, 0.25) is 0 Å². The number of methoxy groups -OCH3 is 1. The summed E-state index contributed by atoms with van der Waals surface area (Å²) in [5.74, 6) is 3.32. The summed E-state index contributed by atoms with van der Waals surface area (Å²) in [5.41, 5.74) is 3.76. The highest BCUT2D eigenvalue weighted by atomic mass is 16.5. The zero-order valence-electron chi connectivity index (χ0n) is 13.6. The molecule has 1 spiro atoms. The van der Waals surface area contributed by atoms with E-state index >= 15 is 0 Å². The van der Waals surface area contributed by atoms with Gasteiger partial charge in [0.2, 0.25) is 0 Å². The molecule has 3 fully saturated rings. The van der Waals surface area contributed by atoms with Crippen LogP contribution in [-0.2, 0) is 6.42 Å². The molecule has 0 unspecified atom stereocenters. The monoisotopic (exact) mass is 298 g/mol. The van der Waals surface area contributed by atoms with Crippen molar-refractivity contribution in [1.82, 2.24) is 0 Å². The van der Waals surface area contributed by atoms with Crippen molar-refractivity contribution in [3.05, 3.63) is 29.3 Å². The summed E-state index contributed by atoms with van der Waals surface area (Å²) in [6.45, 7) is 2.39. The Labute approximate surface area is 132 Å². The van der Waals surface area contributed by atoms with Gasteiger partial charge < -0.3 is 9.84 Å². The normalized spacial score (nSPS) is 48.0. The Balaban J connectivity index is 1.56. The highest BCUT2D eigenvalue weighted by Crippen LogP contribution is 2.81. The van der Waals surface area contributed by atoms with Gasteiger partial charge in [0.25, 0.3) is 0 Å². The molecule has 2 nitrogen and oxygen atoms in total. The van der Waals surface area contributed by atoms with E-state index in [1.54, 1.807) is 12.7 Å². The second-order valence-corrected chi connectivity index (χ2v) is 8.47. The lowest BCUT2D eigenvalue weighted by atomic mass is 9.52. The van der Waals surface area contributed by atoms with Crippen LogP contribution in [0.25, 0.3) is 0 Å². The molecule has 1 aromatic rings. The summed E-state index contributed by atoms with van der Waals surface area (Å²) in [6.07, 6.45) is 7.36. The van der Waals surface area contributed by atoms with Crippen LogP contribution in [0.4, 0.5) is 0 Å². The molecule has 0 aromatic heterocycles. The van der Waals surface area contributed by atoms with E-state index < -0.39 is 0 Å². The fourth-order valence-electron chi connectivity index (χ4n) is 6.90. The Bertz CT molecular complexity index is 639. The van der Waals surface area contributed by atoms with Crippen molar-refractivity contribution in [2.45, 2.75) is 57.5 Å². The summed E-state index contributed by atoms with van der Waals surface area (Å²) < 4.78 is 5.41. The molecule has 3 saturated carbocycles. The molecular weight excluding hydrogens is 272 g/mol. The largest absolute Gasteiger partial charge is 0.497 e. The van der Waals surface area contributed by atoms with Crippen LogP contribution < -0.4 is 4.74 Å². The van der Waals surface area contributed by atoms with Gasteiger partial charge in [-0.2, -0.15) is 0 Å². The molecule has 22 heavy (non-hydrogen) atoms. The molecule has 0 aliphatic heterocycles. The van der Waals surface area contributed by atoms with Gasteiger partial charge in [-0.05, 0) is 90.4 Å². The molecular formula is C20H26O2. The van der Waals surface area contributed by atoms with E-state index in [1.807, 2.05) is 0 Å². The lowest BCUT2D eigenvalue weighted by Gasteiger charge is -2.52. The van der Waals surface area contributed by atoms with E-state index in [0.29, 0.717) is 5.41 Å². The smallest absolute Gasteiger partial charge is 0.119 e. The molecule has 4 aliphatic carbocycles. The molecule has 1 aromatic carbocycles. The highest BCUT2D eigenvalue weighted by Gasteiger charge is 2.76. The maximum absolute atomic E-state index is 10.6. The third kappa shape index (κ3) is 1.37. The summed E-state index contributed by atoms with van der Waals surface area (Å²) in [6, 6.07) is 6.72. The number of fused-ring (bicyclic) bond motifs is 3. The SMILES string of the molecule is COc1ccc2c(c1)CC[C@@H]1[C@@H]2CC[C@]2(C)[C@@H](O)C[C@@H]3C[C@]312. The van der Waals surface area contributed by atoms with Crippen LogP contribution in [0.1, 0.15) is 56.1 Å². The van der Waals surface area contributed by atoms with Crippen LogP contribution in [0.5, 0.6) is 5.75 Å². The minimum atomic E-state index is -0.0514. The average Bonchev–Trinajstić information content (AvgIpc) is 3.19. The first-order chi connectivity index (χ1) is 10.6. The predicted octanol–water partition coefficient (Wildman–Crippen LogP) is 3.91. The Morgan fingerprint density at radius 2 is 2.14 bits per heavy atom. The third-order valence-corrected chi connectivity index (χ3v) is 8.06. The number of benzene rings is 1. The lowest BCUT2D eigenvalue weighted by Crippen LogP contribution is -2.47. The standard InChI is InChI=1S/C20H26O2/c1-19-8-7-16-15-5-4-14(22-2)9-12(15)3-6-17(16)20(19)11-13(20)10-18(19)21/h4-5,9,13,16-18,21H,3,6-8,10-11H2,1-2H3/t13-,16-,17-,18+,19-,20+/m1/s1. The van der Waals surface area contributed by atoms with E-state index in [9.17, 15) is 5.11 Å². The van der Waals surface area contributed by atoms with Gasteiger partial charge in [-0.25, -0.2) is 0 Å². The van der Waals surface area contributed by atoms with Gasteiger partial charge in [-0.15, -0.1) is 0 Å². The summed E-state index contributed by atoms with van der Waals surface area (Å²) >= 11 is 0. The van der Waals surface area contributed by atoms with Crippen molar-refractivity contribution in [1.29, 1.82) is 0 Å². The molecule has 0 heterocycles. The van der Waals surface area contributed by atoms with E-state index in [0.717, 1.165) is 29.9 Å². The minimum absolute atomic E-state index is 0.0514. The Morgan fingerprint density at radius 1 is 1.27 bits per heavy atom. The zero-order chi connectivity index (χ0) is 15.1. The van der Waals surface area contributed by atoms with Crippen LogP contribution in [0, 0.1) is 22.7 Å². The van der Waals surface area contributed by atoms with Crippen molar-refractivity contribution in [3.63, 3.8) is 0 Å². The second kappa shape index (κ2) is 4.08. The van der Waals surface area contributed by atoms with Crippen LogP contribution in [0.15, 0.2) is 18.2 Å². The number of rotatable bonds is 1. The highest BCUT2D eigenvalue weighted by molar-refractivity contribution is 5.42. The topological polar surface area (TPSA) is 29.5 Å². The molecule has 0 radical (unpaired) electrons. The second-order valence-electron chi connectivity index (χ2n) is 8.47. The molecule has 2 heteroatoms. The average molecular weight is 298 g/mol.